The molecule has 1 aliphatic heterocycles. The SMILES string of the molecule is CC(C)c1ccc(/C=C/CC(=O)N2CCOC(C(=O)O)C2)cc1. The normalized spacial score (nSPS) is 18.6. The van der Waals surface area contributed by atoms with Gasteiger partial charge in [0.2, 0.25) is 5.91 Å². The highest BCUT2D eigenvalue weighted by Crippen LogP contribution is 2.15. The highest BCUT2D eigenvalue weighted by atomic mass is 16.5. The second-order valence-corrected chi connectivity index (χ2v) is 5.97. The first kappa shape index (κ1) is 17.2. The minimum atomic E-state index is -1.02. The highest BCUT2D eigenvalue weighted by molar-refractivity contribution is 5.80. The van der Waals surface area contributed by atoms with Crippen LogP contribution >= 0.6 is 0 Å². The number of amides is 1. The van der Waals surface area contributed by atoms with Crippen molar-refractivity contribution in [2.45, 2.75) is 32.3 Å². The number of hydrogen-bond donors (Lipinski definition) is 1. The van der Waals surface area contributed by atoms with Gasteiger partial charge in [0.15, 0.2) is 6.10 Å². The Balaban J connectivity index is 1.87. The summed E-state index contributed by atoms with van der Waals surface area (Å²) in [5, 5.41) is 8.95. The average molecular weight is 317 g/mol. The number of aliphatic carboxylic acids is 1. The molecule has 2 rings (SSSR count). The van der Waals surface area contributed by atoms with E-state index in [9.17, 15) is 9.59 Å². The lowest BCUT2D eigenvalue weighted by molar-refractivity contribution is -0.159. The molecule has 1 aromatic carbocycles. The van der Waals surface area contributed by atoms with Crippen LogP contribution in [0.3, 0.4) is 0 Å². The van der Waals surface area contributed by atoms with Crippen molar-refractivity contribution in [1.29, 1.82) is 0 Å². The van der Waals surface area contributed by atoms with E-state index in [1.54, 1.807) is 4.90 Å². The van der Waals surface area contributed by atoms with Crippen molar-refractivity contribution in [3.8, 4) is 0 Å². The van der Waals surface area contributed by atoms with Crippen LogP contribution < -0.4 is 0 Å². The first-order valence-electron chi connectivity index (χ1n) is 7.86. The summed E-state index contributed by atoms with van der Waals surface area (Å²) in [6.07, 6.45) is 3.08. The van der Waals surface area contributed by atoms with Crippen LogP contribution in [0.5, 0.6) is 0 Å². The molecule has 1 N–H and O–H groups in total. The van der Waals surface area contributed by atoms with Gasteiger partial charge < -0.3 is 14.7 Å². The fraction of sp³-hybridized carbons (Fsp3) is 0.444. The van der Waals surface area contributed by atoms with E-state index in [0.29, 0.717) is 12.5 Å². The molecule has 5 nitrogen and oxygen atoms in total. The Morgan fingerprint density at radius 3 is 2.65 bits per heavy atom. The average Bonchev–Trinajstić information content (AvgIpc) is 2.55. The van der Waals surface area contributed by atoms with E-state index in [0.717, 1.165) is 5.56 Å². The van der Waals surface area contributed by atoms with Gasteiger partial charge in [-0.25, -0.2) is 4.79 Å². The fourth-order valence-corrected chi connectivity index (χ4v) is 2.44. The van der Waals surface area contributed by atoms with Gasteiger partial charge in [0.25, 0.3) is 0 Å². The molecule has 5 heteroatoms. The van der Waals surface area contributed by atoms with Gasteiger partial charge in [-0.1, -0.05) is 50.3 Å². The predicted octanol–water partition coefficient (Wildman–Crippen LogP) is 2.53. The number of morpholine rings is 1. The molecule has 0 aromatic heterocycles. The van der Waals surface area contributed by atoms with E-state index in [2.05, 4.69) is 26.0 Å². The number of rotatable bonds is 5. The fourth-order valence-electron chi connectivity index (χ4n) is 2.44. The van der Waals surface area contributed by atoms with E-state index < -0.39 is 12.1 Å². The van der Waals surface area contributed by atoms with E-state index in [4.69, 9.17) is 9.84 Å². The number of hydrogen-bond acceptors (Lipinski definition) is 3. The van der Waals surface area contributed by atoms with Crippen LogP contribution in [0.2, 0.25) is 0 Å². The Hall–Kier alpha value is -2.14. The van der Waals surface area contributed by atoms with Crippen molar-refractivity contribution in [2.24, 2.45) is 0 Å². The number of carbonyl (C=O) groups is 2. The molecule has 1 amide bonds. The maximum absolute atomic E-state index is 12.1. The lowest BCUT2D eigenvalue weighted by Gasteiger charge is -2.30. The molecular formula is C18H23NO4. The quantitative estimate of drug-likeness (QED) is 0.906. The molecule has 0 bridgehead atoms. The molecule has 1 aromatic rings. The molecular weight excluding hydrogens is 294 g/mol. The molecule has 0 saturated carbocycles. The standard InChI is InChI=1S/C18H23NO4/c1-13(2)15-8-6-14(7-9-15)4-3-5-17(20)19-10-11-23-16(12-19)18(21)22/h3-4,6-9,13,16H,5,10-12H2,1-2H3,(H,21,22)/b4-3+. The van der Waals surface area contributed by atoms with Crippen LogP contribution in [0.15, 0.2) is 30.3 Å². The van der Waals surface area contributed by atoms with Gasteiger partial charge in [0, 0.05) is 13.0 Å². The van der Waals surface area contributed by atoms with Crippen LogP contribution in [0.25, 0.3) is 6.08 Å². The minimum absolute atomic E-state index is 0.0744. The molecule has 1 unspecified atom stereocenters. The molecule has 1 fully saturated rings. The molecule has 23 heavy (non-hydrogen) atoms. The van der Waals surface area contributed by atoms with E-state index >= 15 is 0 Å². The van der Waals surface area contributed by atoms with Gasteiger partial charge >= 0.3 is 5.97 Å². The molecule has 0 radical (unpaired) electrons. The zero-order valence-corrected chi connectivity index (χ0v) is 13.6. The van der Waals surface area contributed by atoms with Crippen molar-refractivity contribution in [3.63, 3.8) is 0 Å². The van der Waals surface area contributed by atoms with Crippen LogP contribution in [-0.4, -0.2) is 47.7 Å². The topological polar surface area (TPSA) is 66.8 Å². The molecule has 1 saturated heterocycles. The van der Waals surface area contributed by atoms with Gasteiger partial charge in [-0.05, 0) is 17.0 Å². The monoisotopic (exact) mass is 317 g/mol. The van der Waals surface area contributed by atoms with Crippen molar-refractivity contribution in [3.05, 3.63) is 41.5 Å². The highest BCUT2D eigenvalue weighted by Gasteiger charge is 2.28. The minimum Gasteiger partial charge on any atom is -0.479 e. The van der Waals surface area contributed by atoms with E-state index in [1.165, 1.54) is 5.56 Å². The summed E-state index contributed by atoms with van der Waals surface area (Å²) < 4.78 is 5.11. The van der Waals surface area contributed by atoms with Gasteiger partial charge in [-0.3, -0.25) is 4.79 Å². The zero-order chi connectivity index (χ0) is 16.8. The Morgan fingerprint density at radius 1 is 1.35 bits per heavy atom. The maximum atomic E-state index is 12.1. The summed E-state index contributed by atoms with van der Waals surface area (Å²) in [5.41, 5.74) is 2.33. The Kier molecular flexibility index (Phi) is 5.93. The number of benzene rings is 1. The second kappa shape index (κ2) is 7.92. The Labute approximate surface area is 136 Å². The maximum Gasteiger partial charge on any atom is 0.334 e. The first-order chi connectivity index (χ1) is 11.0. The predicted molar refractivity (Wildman–Crippen MR) is 88.1 cm³/mol. The van der Waals surface area contributed by atoms with Crippen molar-refractivity contribution in [2.75, 3.05) is 19.7 Å². The van der Waals surface area contributed by atoms with E-state index in [1.807, 2.05) is 24.3 Å². The van der Waals surface area contributed by atoms with Crippen molar-refractivity contribution >= 4 is 18.0 Å². The van der Waals surface area contributed by atoms with Crippen LogP contribution in [0.1, 0.15) is 37.3 Å². The molecule has 1 heterocycles. The van der Waals surface area contributed by atoms with Crippen LogP contribution in [0.4, 0.5) is 0 Å². The van der Waals surface area contributed by atoms with Gasteiger partial charge in [-0.15, -0.1) is 0 Å². The smallest absolute Gasteiger partial charge is 0.334 e. The third-order valence-corrected chi connectivity index (χ3v) is 3.90. The Morgan fingerprint density at radius 2 is 2.04 bits per heavy atom. The third-order valence-electron chi connectivity index (χ3n) is 3.90. The molecule has 124 valence electrons. The summed E-state index contributed by atoms with van der Waals surface area (Å²) in [6, 6.07) is 8.24. The lowest BCUT2D eigenvalue weighted by Crippen LogP contribution is -2.48. The number of nitrogens with zero attached hydrogens (tertiary/aromatic N) is 1. The summed E-state index contributed by atoms with van der Waals surface area (Å²) in [7, 11) is 0. The van der Waals surface area contributed by atoms with Gasteiger partial charge in [0.1, 0.15) is 0 Å². The molecule has 1 atom stereocenters. The third kappa shape index (κ3) is 4.93. The summed E-state index contributed by atoms with van der Waals surface area (Å²) in [6.45, 7) is 5.13. The number of carboxylic acid groups (broad SMARTS) is 1. The molecule has 0 spiro atoms. The summed E-state index contributed by atoms with van der Waals surface area (Å²) in [5.74, 6) is -0.601. The molecule has 0 aliphatic carbocycles. The lowest BCUT2D eigenvalue weighted by atomic mass is 10.0. The van der Waals surface area contributed by atoms with Gasteiger partial charge in [-0.2, -0.15) is 0 Å². The van der Waals surface area contributed by atoms with E-state index in [-0.39, 0.29) is 25.5 Å². The summed E-state index contributed by atoms with van der Waals surface area (Å²) in [4.78, 5) is 24.6. The number of carboxylic acids is 1. The van der Waals surface area contributed by atoms with Crippen LogP contribution in [-0.2, 0) is 14.3 Å². The number of carbonyl (C=O) groups excluding carboxylic acids is 1. The largest absolute Gasteiger partial charge is 0.479 e. The number of ether oxygens (including phenoxy) is 1. The second-order valence-electron chi connectivity index (χ2n) is 5.97. The van der Waals surface area contributed by atoms with Gasteiger partial charge in [0.05, 0.1) is 13.2 Å². The summed E-state index contributed by atoms with van der Waals surface area (Å²) >= 11 is 0. The van der Waals surface area contributed by atoms with Crippen molar-refractivity contribution in [1.82, 2.24) is 4.90 Å². The molecule has 1 aliphatic rings. The first-order valence-corrected chi connectivity index (χ1v) is 7.86. The van der Waals surface area contributed by atoms with Crippen LogP contribution in [0, 0.1) is 0 Å². The zero-order valence-electron chi connectivity index (χ0n) is 13.6. The Bertz CT molecular complexity index is 577. The van der Waals surface area contributed by atoms with Crippen molar-refractivity contribution < 1.29 is 19.4 Å².